The van der Waals surface area contributed by atoms with Crippen molar-refractivity contribution in [2.45, 2.75) is 71.6 Å². The lowest BCUT2D eigenvalue weighted by Gasteiger charge is -2.34. The van der Waals surface area contributed by atoms with Gasteiger partial charge in [0.2, 0.25) is 0 Å². The van der Waals surface area contributed by atoms with Crippen LogP contribution in [0, 0.1) is 5.92 Å². The Hall–Kier alpha value is -2.05. The summed E-state index contributed by atoms with van der Waals surface area (Å²) in [5.41, 5.74) is -1.53. The summed E-state index contributed by atoms with van der Waals surface area (Å²) in [5.74, 6) is -0.796. The third kappa shape index (κ3) is 6.76. The molecule has 142 valence electrons. The molecule has 0 aromatic carbocycles. The number of rotatable bonds is 2. The molecular weight excluding hydrogens is 326 g/mol. The van der Waals surface area contributed by atoms with Gasteiger partial charge >= 0.3 is 18.2 Å². The minimum atomic E-state index is -0.804. The minimum absolute atomic E-state index is 0.266. The Balaban J connectivity index is 3.07. The summed E-state index contributed by atoms with van der Waals surface area (Å²) in [7, 11) is 1.31. The van der Waals surface area contributed by atoms with E-state index < -0.39 is 35.3 Å². The molecule has 25 heavy (non-hydrogen) atoms. The number of methoxy groups -OCH3 is 1. The number of carbonyl (C=O) groups excluding carboxylic acids is 3. The number of nitrogens with zero attached hydrogens (tertiary/aromatic N) is 1. The molecule has 7 heteroatoms. The van der Waals surface area contributed by atoms with Crippen molar-refractivity contribution in [2.75, 3.05) is 7.11 Å². The van der Waals surface area contributed by atoms with Crippen LogP contribution in [0.15, 0.2) is 12.2 Å². The molecule has 0 bridgehead atoms. The predicted octanol–water partition coefficient (Wildman–Crippen LogP) is 3.67. The third-order valence-corrected chi connectivity index (χ3v) is 3.35. The number of imide groups is 1. The average Bonchev–Trinajstić information content (AvgIpc) is 2.43. The van der Waals surface area contributed by atoms with Crippen LogP contribution in [0.2, 0.25) is 0 Å². The zero-order chi connectivity index (χ0) is 19.4. The molecule has 1 aliphatic rings. The molecule has 0 aliphatic heterocycles. The fourth-order valence-corrected chi connectivity index (χ4v) is 2.38. The highest BCUT2D eigenvalue weighted by Crippen LogP contribution is 2.26. The molecule has 0 fully saturated rings. The molecule has 0 radical (unpaired) electrons. The monoisotopic (exact) mass is 355 g/mol. The van der Waals surface area contributed by atoms with Crippen LogP contribution in [0.4, 0.5) is 9.59 Å². The highest BCUT2D eigenvalue weighted by atomic mass is 16.6. The van der Waals surface area contributed by atoms with Crippen LogP contribution in [0.3, 0.4) is 0 Å². The summed E-state index contributed by atoms with van der Waals surface area (Å²) in [6.07, 6.45) is 2.63. The maximum Gasteiger partial charge on any atom is 0.420 e. The van der Waals surface area contributed by atoms with E-state index in [9.17, 15) is 14.4 Å². The van der Waals surface area contributed by atoms with Gasteiger partial charge in [0.05, 0.1) is 19.1 Å². The standard InChI is InChI=1S/C18H29NO6/c1-17(2,3)24-15(21)19(16(22)25-18(4,5)6)13-10-8-9-12(11-13)14(20)23-7/h8,10,12-13H,9,11H2,1-7H3/t12-,13-/m1/s1. The molecule has 0 unspecified atom stereocenters. The maximum atomic E-state index is 12.6. The van der Waals surface area contributed by atoms with Crippen molar-refractivity contribution >= 4 is 18.2 Å². The molecule has 0 aromatic rings. The number of hydrogen-bond acceptors (Lipinski definition) is 6. The van der Waals surface area contributed by atoms with E-state index in [0.717, 1.165) is 4.90 Å². The first-order valence-corrected chi connectivity index (χ1v) is 8.33. The van der Waals surface area contributed by atoms with Gasteiger partial charge < -0.3 is 14.2 Å². The Kier molecular flexibility index (Phi) is 6.62. The van der Waals surface area contributed by atoms with E-state index in [1.807, 2.05) is 0 Å². The molecule has 0 saturated heterocycles. The molecule has 2 amide bonds. The smallest absolute Gasteiger partial charge is 0.420 e. The third-order valence-electron chi connectivity index (χ3n) is 3.35. The zero-order valence-electron chi connectivity index (χ0n) is 16.1. The normalized spacial score (nSPS) is 20.6. The lowest BCUT2D eigenvalue weighted by Crippen LogP contribution is -2.49. The highest BCUT2D eigenvalue weighted by Gasteiger charge is 2.38. The number of carbonyl (C=O) groups is 3. The van der Waals surface area contributed by atoms with Crippen molar-refractivity contribution in [1.29, 1.82) is 0 Å². The second-order valence-corrected chi connectivity index (χ2v) is 8.02. The summed E-state index contributed by atoms with van der Waals surface area (Å²) in [6.45, 7) is 10.3. The molecule has 7 nitrogen and oxygen atoms in total. The van der Waals surface area contributed by atoms with Gasteiger partial charge in [0.15, 0.2) is 0 Å². The molecule has 0 N–H and O–H groups in total. The highest BCUT2D eigenvalue weighted by molar-refractivity contribution is 5.89. The summed E-state index contributed by atoms with van der Waals surface area (Å²) in [6, 6.07) is -0.637. The summed E-state index contributed by atoms with van der Waals surface area (Å²) >= 11 is 0. The topological polar surface area (TPSA) is 82.1 Å². The quantitative estimate of drug-likeness (QED) is 0.427. The Labute approximate surface area is 149 Å². The van der Waals surface area contributed by atoms with Crippen LogP contribution in [-0.2, 0) is 19.0 Å². The second-order valence-electron chi connectivity index (χ2n) is 8.02. The number of ether oxygens (including phenoxy) is 3. The Bertz CT molecular complexity index is 513. The lowest BCUT2D eigenvalue weighted by molar-refractivity contribution is -0.146. The second kappa shape index (κ2) is 7.89. The molecule has 0 heterocycles. The Morgan fingerprint density at radius 3 is 1.84 bits per heavy atom. The molecule has 2 atom stereocenters. The van der Waals surface area contributed by atoms with E-state index in [2.05, 4.69) is 0 Å². The summed E-state index contributed by atoms with van der Waals surface area (Å²) in [4.78, 5) is 37.9. The van der Waals surface area contributed by atoms with Crippen molar-refractivity contribution < 1.29 is 28.6 Å². The van der Waals surface area contributed by atoms with Crippen molar-refractivity contribution in [1.82, 2.24) is 4.90 Å². The van der Waals surface area contributed by atoms with Gasteiger partial charge in [-0.25, -0.2) is 14.5 Å². The van der Waals surface area contributed by atoms with Crippen molar-refractivity contribution in [3.05, 3.63) is 12.2 Å². The van der Waals surface area contributed by atoms with E-state index in [1.54, 1.807) is 53.7 Å². The van der Waals surface area contributed by atoms with Gasteiger partial charge in [-0.05, 0) is 54.4 Å². The van der Waals surface area contributed by atoms with Gasteiger partial charge in [-0.2, -0.15) is 0 Å². The van der Waals surface area contributed by atoms with E-state index in [0.29, 0.717) is 6.42 Å². The Morgan fingerprint density at radius 2 is 1.44 bits per heavy atom. The van der Waals surface area contributed by atoms with Crippen LogP contribution in [0.5, 0.6) is 0 Å². The molecule has 1 aliphatic carbocycles. The fraction of sp³-hybridized carbons (Fsp3) is 0.722. The molecule has 0 spiro atoms. The van der Waals surface area contributed by atoms with Gasteiger partial charge in [-0.3, -0.25) is 4.79 Å². The number of amides is 2. The minimum Gasteiger partial charge on any atom is -0.469 e. The molecular formula is C18H29NO6. The maximum absolute atomic E-state index is 12.6. The van der Waals surface area contributed by atoms with Crippen LogP contribution in [0.1, 0.15) is 54.4 Å². The van der Waals surface area contributed by atoms with Crippen molar-refractivity contribution in [2.24, 2.45) is 5.92 Å². The van der Waals surface area contributed by atoms with Gasteiger partial charge in [-0.1, -0.05) is 12.2 Å². The molecule has 0 saturated carbocycles. The van der Waals surface area contributed by atoms with E-state index in [4.69, 9.17) is 14.2 Å². The van der Waals surface area contributed by atoms with Crippen LogP contribution in [0.25, 0.3) is 0 Å². The van der Waals surface area contributed by atoms with Gasteiger partial charge in [-0.15, -0.1) is 0 Å². The first kappa shape index (κ1) is 21.0. The van der Waals surface area contributed by atoms with E-state index in [1.165, 1.54) is 7.11 Å². The average molecular weight is 355 g/mol. The SMILES string of the molecule is COC(=O)[C@@H]1CC=C[C@@H](N(C(=O)OC(C)(C)C)C(=O)OC(C)(C)C)C1. The van der Waals surface area contributed by atoms with Gasteiger partial charge in [0.1, 0.15) is 11.2 Å². The van der Waals surface area contributed by atoms with Crippen LogP contribution >= 0.6 is 0 Å². The first-order valence-electron chi connectivity index (χ1n) is 8.33. The first-order chi connectivity index (χ1) is 11.3. The van der Waals surface area contributed by atoms with Crippen LogP contribution in [-0.4, -0.2) is 47.4 Å². The van der Waals surface area contributed by atoms with E-state index >= 15 is 0 Å². The number of esters is 1. The van der Waals surface area contributed by atoms with Crippen LogP contribution < -0.4 is 0 Å². The largest absolute Gasteiger partial charge is 0.469 e. The predicted molar refractivity (Wildman–Crippen MR) is 92.0 cm³/mol. The zero-order valence-corrected chi connectivity index (χ0v) is 16.1. The van der Waals surface area contributed by atoms with Gasteiger partial charge in [0, 0.05) is 0 Å². The Morgan fingerprint density at radius 1 is 0.960 bits per heavy atom. The van der Waals surface area contributed by atoms with Crippen molar-refractivity contribution in [3.63, 3.8) is 0 Å². The van der Waals surface area contributed by atoms with E-state index in [-0.39, 0.29) is 12.4 Å². The summed E-state index contributed by atoms with van der Waals surface area (Å²) in [5, 5.41) is 0. The molecule has 1 rings (SSSR count). The molecule has 0 aromatic heterocycles. The number of hydrogen-bond donors (Lipinski definition) is 0. The number of allylic oxidation sites excluding steroid dienone is 1. The summed E-state index contributed by atoms with van der Waals surface area (Å²) < 4.78 is 15.5. The lowest BCUT2D eigenvalue weighted by atomic mass is 9.90. The van der Waals surface area contributed by atoms with Gasteiger partial charge in [0.25, 0.3) is 0 Å². The fourth-order valence-electron chi connectivity index (χ4n) is 2.38. The van der Waals surface area contributed by atoms with Crippen molar-refractivity contribution in [3.8, 4) is 0 Å².